The fraction of sp³-hybridized carbons (Fsp3) is 0.0833. The Hall–Kier alpha value is -1.94. The molecule has 0 saturated carbocycles. The number of aromatic nitrogens is 2. The van der Waals surface area contributed by atoms with Crippen LogP contribution in [0.1, 0.15) is 15.9 Å². The average molecular weight is 248 g/mol. The van der Waals surface area contributed by atoms with Crippen molar-refractivity contribution in [1.82, 2.24) is 9.97 Å². The summed E-state index contributed by atoms with van der Waals surface area (Å²) >= 11 is 5.82. The van der Waals surface area contributed by atoms with E-state index in [1.807, 2.05) is 13.0 Å². The number of nitrogens with one attached hydrogen (secondary N) is 1. The number of anilines is 1. The number of aryl methyl sites for hydroxylation is 1. The zero-order valence-electron chi connectivity index (χ0n) is 9.14. The molecule has 0 spiro atoms. The van der Waals surface area contributed by atoms with Crippen molar-refractivity contribution in [2.75, 3.05) is 5.32 Å². The van der Waals surface area contributed by atoms with Crippen LogP contribution in [0.15, 0.2) is 36.7 Å². The molecular formula is C12H10ClN3O. The highest BCUT2D eigenvalue weighted by molar-refractivity contribution is 6.33. The summed E-state index contributed by atoms with van der Waals surface area (Å²) in [7, 11) is 0. The van der Waals surface area contributed by atoms with Gasteiger partial charge in [-0.05, 0) is 36.8 Å². The lowest BCUT2D eigenvalue weighted by atomic mass is 10.2. The van der Waals surface area contributed by atoms with Gasteiger partial charge in [-0.3, -0.25) is 4.79 Å². The highest BCUT2D eigenvalue weighted by Crippen LogP contribution is 2.14. The smallest absolute Gasteiger partial charge is 0.259 e. The molecule has 0 bridgehead atoms. The molecule has 5 heteroatoms. The largest absolute Gasteiger partial charge is 0.306 e. The lowest BCUT2D eigenvalue weighted by molar-refractivity contribution is 0.102. The first kappa shape index (κ1) is 11.5. The Kier molecular flexibility index (Phi) is 3.35. The lowest BCUT2D eigenvalue weighted by Gasteiger charge is -2.05. The van der Waals surface area contributed by atoms with Crippen LogP contribution in [0.25, 0.3) is 0 Å². The summed E-state index contributed by atoms with van der Waals surface area (Å²) in [6.45, 7) is 1.92. The van der Waals surface area contributed by atoms with Gasteiger partial charge in [-0.1, -0.05) is 11.6 Å². The van der Waals surface area contributed by atoms with Crippen LogP contribution in [0.5, 0.6) is 0 Å². The topological polar surface area (TPSA) is 54.9 Å². The van der Waals surface area contributed by atoms with Crippen LogP contribution in [0.3, 0.4) is 0 Å². The third-order valence-corrected chi connectivity index (χ3v) is 2.46. The van der Waals surface area contributed by atoms with Crippen LogP contribution < -0.4 is 5.32 Å². The second kappa shape index (κ2) is 4.93. The Morgan fingerprint density at radius 3 is 2.82 bits per heavy atom. The number of carbonyl (C=O) groups excluding carboxylic acids is 1. The van der Waals surface area contributed by atoms with Crippen molar-refractivity contribution in [3.05, 3.63) is 52.9 Å². The second-order valence-corrected chi connectivity index (χ2v) is 3.87. The van der Waals surface area contributed by atoms with Gasteiger partial charge in [-0.15, -0.1) is 0 Å². The zero-order valence-corrected chi connectivity index (χ0v) is 9.90. The molecule has 0 aromatic carbocycles. The molecule has 86 valence electrons. The fourth-order valence-electron chi connectivity index (χ4n) is 1.34. The van der Waals surface area contributed by atoms with E-state index < -0.39 is 0 Å². The van der Waals surface area contributed by atoms with Gasteiger partial charge in [0.15, 0.2) is 0 Å². The van der Waals surface area contributed by atoms with E-state index in [9.17, 15) is 4.79 Å². The number of hydrogen-bond acceptors (Lipinski definition) is 3. The number of hydrogen-bond donors (Lipinski definition) is 1. The van der Waals surface area contributed by atoms with E-state index in [2.05, 4.69) is 15.3 Å². The average Bonchev–Trinajstić information content (AvgIpc) is 2.29. The summed E-state index contributed by atoms with van der Waals surface area (Å²) in [6, 6.07) is 6.90. The first-order chi connectivity index (χ1) is 8.16. The van der Waals surface area contributed by atoms with E-state index >= 15 is 0 Å². The molecule has 2 rings (SSSR count). The maximum absolute atomic E-state index is 11.9. The number of carbonyl (C=O) groups is 1. The molecule has 0 aliphatic rings. The predicted octanol–water partition coefficient (Wildman–Crippen LogP) is 2.69. The molecule has 4 nitrogen and oxygen atoms in total. The fourth-order valence-corrected chi connectivity index (χ4v) is 1.55. The zero-order chi connectivity index (χ0) is 12.3. The third kappa shape index (κ3) is 2.79. The van der Waals surface area contributed by atoms with E-state index in [0.29, 0.717) is 11.4 Å². The standard InChI is InChI=1S/C12H10ClN3O/c1-8-4-6-14-10(7-8)16-12(17)9-3-2-5-15-11(9)13/h2-7H,1H3,(H,14,16,17). The summed E-state index contributed by atoms with van der Waals surface area (Å²) in [5.74, 6) is 0.177. The van der Waals surface area contributed by atoms with Crippen molar-refractivity contribution in [1.29, 1.82) is 0 Å². The van der Waals surface area contributed by atoms with Gasteiger partial charge in [0.25, 0.3) is 5.91 Å². The Labute approximate surface area is 104 Å². The third-order valence-electron chi connectivity index (χ3n) is 2.16. The number of amides is 1. The van der Waals surface area contributed by atoms with E-state index in [-0.39, 0.29) is 11.1 Å². The van der Waals surface area contributed by atoms with Crippen molar-refractivity contribution in [2.45, 2.75) is 6.92 Å². The van der Waals surface area contributed by atoms with Gasteiger partial charge in [0.1, 0.15) is 11.0 Å². The monoisotopic (exact) mass is 247 g/mol. The van der Waals surface area contributed by atoms with Crippen molar-refractivity contribution in [3.63, 3.8) is 0 Å². The quantitative estimate of drug-likeness (QED) is 0.830. The molecule has 0 aliphatic heterocycles. The molecular weight excluding hydrogens is 238 g/mol. The van der Waals surface area contributed by atoms with Crippen molar-refractivity contribution < 1.29 is 4.79 Å². The van der Waals surface area contributed by atoms with Crippen LogP contribution in [0, 0.1) is 6.92 Å². The van der Waals surface area contributed by atoms with Gasteiger partial charge in [0.05, 0.1) is 5.56 Å². The van der Waals surface area contributed by atoms with E-state index in [1.54, 1.807) is 24.4 Å². The first-order valence-corrected chi connectivity index (χ1v) is 5.39. The second-order valence-electron chi connectivity index (χ2n) is 3.51. The molecule has 2 heterocycles. The summed E-state index contributed by atoms with van der Waals surface area (Å²) in [6.07, 6.45) is 3.17. The molecule has 0 atom stereocenters. The van der Waals surface area contributed by atoms with Crippen LogP contribution in [-0.4, -0.2) is 15.9 Å². The maximum Gasteiger partial charge on any atom is 0.259 e. The number of halogens is 1. The summed E-state index contributed by atoms with van der Waals surface area (Å²) < 4.78 is 0. The van der Waals surface area contributed by atoms with Crippen LogP contribution in [-0.2, 0) is 0 Å². The van der Waals surface area contributed by atoms with Gasteiger partial charge in [-0.25, -0.2) is 9.97 Å². The normalized spacial score (nSPS) is 10.0. The molecule has 0 saturated heterocycles. The van der Waals surface area contributed by atoms with Gasteiger partial charge < -0.3 is 5.32 Å². The summed E-state index contributed by atoms with van der Waals surface area (Å²) in [5.41, 5.74) is 1.35. The molecule has 0 radical (unpaired) electrons. The molecule has 1 amide bonds. The Morgan fingerprint density at radius 1 is 1.29 bits per heavy atom. The highest BCUT2D eigenvalue weighted by Gasteiger charge is 2.11. The minimum Gasteiger partial charge on any atom is -0.306 e. The molecule has 2 aromatic heterocycles. The van der Waals surface area contributed by atoms with Gasteiger partial charge in [0.2, 0.25) is 0 Å². The molecule has 0 fully saturated rings. The van der Waals surface area contributed by atoms with E-state index in [4.69, 9.17) is 11.6 Å². The van der Waals surface area contributed by atoms with Crippen molar-refractivity contribution in [3.8, 4) is 0 Å². The lowest BCUT2D eigenvalue weighted by Crippen LogP contribution is -2.13. The summed E-state index contributed by atoms with van der Waals surface area (Å²) in [5, 5.41) is 2.84. The van der Waals surface area contributed by atoms with Crippen molar-refractivity contribution in [2.24, 2.45) is 0 Å². The van der Waals surface area contributed by atoms with Gasteiger partial charge >= 0.3 is 0 Å². The number of pyridine rings is 2. The maximum atomic E-state index is 11.9. The minimum atomic E-state index is -0.318. The Balaban J connectivity index is 2.20. The molecule has 0 aliphatic carbocycles. The number of nitrogens with zero attached hydrogens (tertiary/aromatic N) is 2. The molecule has 2 aromatic rings. The van der Waals surface area contributed by atoms with E-state index in [1.165, 1.54) is 6.20 Å². The van der Waals surface area contributed by atoms with Gasteiger partial charge in [0, 0.05) is 12.4 Å². The minimum absolute atomic E-state index is 0.178. The van der Waals surface area contributed by atoms with Crippen LogP contribution in [0.4, 0.5) is 5.82 Å². The molecule has 17 heavy (non-hydrogen) atoms. The first-order valence-electron chi connectivity index (χ1n) is 5.01. The highest BCUT2D eigenvalue weighted by atomic mass is 35.5. The molecule has 0 unspecified atom stereocenters. The number of rotatable bonds is 2. The Morgan fingerprint density at radius 2 is 2.12 bits per heavy atom. The SMILES string of the molecule is Cc1ccnc(NC(=O)c2cccnc2Cl)c1. The van der Waals surface area contributed by atoms with E-state index in [0.717, 1.165) is 5.56 Å². The van der Waals surface area contributed by atoms with Crippen molar-refractivity contribution >= 4 is 23.3 Å². The molecule has 1 N–H and O–H groups in total. The van der Waals surface area contributed by atoms with Gasteiger partial charge in [-0.2, -0.15) is 0 Å². The predicted molar refractivity (Wildman–Crippen MR) is 66.2 cm³/mol. The van der Waals surface area contributed by atoms with Crippen LogP contribution >= 0.6 is 11.6 Å². The van der Waals surface area contributed by atoms with Crippen LogP contribution in [0.2, 0.25) is 5.15 Å². The Bertz CT molecular complexity index is 557. The summed E-state index contributed by atoms with van der Waals surface area (Å²) in [4.78, 5) is 19.8.